The fraction of sp³-hybridized carbons (Fsp3) is 0.0417. The minimum absolute atomic E-state index is 0.177. The van der Waals surface area contributed by atoms with Crippen molar-refractivity contribution in [2.75, 3.05) is 0 Å². The highest BCUT2D eigenvalue weighted by Crippen LogP contribution is 2.34. The van der Waals surface area contributed by atoms with Crippen LogP contribution in [0.5, 0.6) is 11.5 Å². The summed E-state index contributed by atoms with van der Waals surface area (Å²) in [7, 11) is 0. The monoisotopic (exact) mass is 367 g/mol. The zero-order chi connectivity index (χ0) is 18.9. The highest BCUT2D eigenvalue weighted by Gasteiger charge is 2.12. The van der Waals surface area contributed by atoms with Crippen LogP contribution in [0.2, 0.25) is 0 Å². The second kappa shape index (κ2) is 6.74. The molecule has 5 aromatic rings. The molecule has 136 valence electrons. The third-order valence-electron chi connectivity index (χ3n) is 4.76. The van der Waals surface area contributed by atoms with Crippen molar-refractivity contribution in [2.45, 2.75) is 6.61 Å². The Kier molecular flexibility index (Phi) is 3.95. The highest BCUT2D eigenvalue weighted by atomic mass is 16.5. The Morgan fingerprint density at radius 1 is 0.893 bits per heavy atom. The van der Waals surface area contributed by atoms with Crippen LogP contribution in [0.15, 0.2) is 89.5 Å². The van der Waals surface area contributed by atoms with E-state index in [0.29, 0.717) is 12.2 Å². The molecular weight excluding hydrogens is 350 g/mol. The molecule has 0 bridgehead atoms. The molecule has 4 nitrogen and oxygen atoms in total. The molecule has 0 radical (unpaired) electrons. The second-order valence-corrected chi connectivity index (χ2v) is 6.63. The van der Waals surface area contributed by atoms with Gasteiger partial charge in [0.25, 0.3) is 0 Å². The van der Waals surface area contributed by atoms with Gasteiger partial charge in [0.15, 0.2) is 0 Å². The highest BCUT2D eigenvalue weighted by molar-refractivity contribution is 5.95. The predicted molar refractivity (Wildman–Crippen MR) is 109 cm³/mol. The zero-order valence-electron chi connectivity index (χ0n) is 15.0. The van der Waals surface area contributed by atoms with Crippen LogP contribution in [-0.2, 0) is 6.61 Å². The van der Waals surface area contributed by atoms with E-state index in [0.717, 1.165) is 38.9 Å². The summed E-state index contributed by atoms with van der Waals surface area (Å²) in [5, 5.41) is 11.6. The van der Waals surface area contributed by atoms with Gasteiger partial charge in [-0.15, -0.1) is 0 Å². The number of hydrogen-bond donors (Lipinski definition) is 1. The molecule has 0 aliphatic rings. The summed E-state index contributed by atoms with van der Waals surface area (Å²) in [5.41, 5.74) is 4.23. The number of rotatable bonds is 4. The van der Waals surface area contributed by atoms with Crippen molar-refractivity contribution in [2.24, 2.45) is 0 Å². The van der Waals surface area contributed by atoms with Crippen molar-refractivity contribution in [1.82, 2.24) is 4.98 Å². The van der Waals surface area contributed by atoms with Crippen LogP contribution in [0.1, 0.15) is 5.56 Å². The largest absolute Gasteiger partial charge is 0.508 e. The lowest BCUT2D eigenvalue weighted by Gasteiger charge is -2.10. The molecule has 0 saturated carbocycles. The third-order valence-corrected chi connectivity index (χ3v) is 4.76. The van der Waals surface area contributed by atoms with Crippen LogP contribution in [0.3, 0.4) is 0 Å². The third kappa shape index (κ3) is 2.95. The van der Waals surface area contributed by atoms with Gasteiger partial charge in [0.05, 0.1) is 5.69 Å². The number of fused-ring (bicyclic) bond motifs is 2. The molecule has 0 saturated heterocycles. The lowest BCUT2D eigenvalue weighted by Crippen LogP contribution is -1.97. The van der Waals surface area contributed by atoms with Gasteiger partial charge >= 0.3 is 0 Å². The van der Waals surface area contributed by atoms with Gasteiger partial charge in [-0.3, -0.25) is 0 Å². The minimum atomic E-state index is 0.177. The molecule has 1 N–H and O–H groups in total. The van der Waals surface area contributed by atoms with Crippen LogP contribution in [0.4, 0.5) is 0 Å². The van der Waals surface area contributed by atoms with Gasteiger partial charge in [-0.05, 0) is 29.8 Å². The Labute approximate surface area is 161 Å². The number of phenols is 1. The number of para-hydroxylation sites is 1. The van der Waals surface area contributed by atoms with Gasteiger partial charge in [0, 0.05) is 22.4 Å². The van der Waals surface area contributed by atoms with Gasteiger partial charge in [-0.1, -0.05) is 48.5 Å². The summed E-state index contributed by atoms with van der Waals surface area (Å²) >= 11 is 0. The molecule has 0 aliphatic heterocycles. The number of phenolic OH excluding ortho intramolecular Hbond substituents is 1. The molecule has 0 unspecified atom stereocenters. The topological polar surface area (TPSA) is 55.5 Å². The average Bonchev–Trinajstić information content (AvgIpc) is 3.15. The maximum absolute atomic E-state index is 9.65. The van der Waals surface area contributed by atoms with E-state index in [1.54, 1.807) is 18.4 Å². The molecule has 0 atom stereocenters. The van der Waals surface area contributed by atoms with E-state index < -0.39 is 0 Å². The zero-order valence-corrected chi connectivity index (χ0v) is 15.0. The number of pyridine rings is 1. The van der Waals surface area contributed by atoms with E-state index in [1.807, 2.05) is 66.7 Å². The Hall–Kier alpha value is -3.79. The molecule has 4 heteroatoms. The van der Waals surface area contributed by atoms with Crippen LogP contribution in [0.25, 0.3) is 33.1 Å². The molecule has 0 amide bonds. The van der Waals surface area contributed by atoms with Gasteiger partial charge in [-0.25, -0.2) is 4.98 Å². The van der Waals surface area contributed by atoms with Crippen LogP contribution >= 0.6 is 0 Å². The maximum Gasteiger partial charge on any atom is 0.146 e. The quantitative estimate of drug-likeness (QED) is 0.427. The fourth-order valence-corrected chi connectivity index (χ4v) is 3.34. The van der Waals surface area contributed by atoms with Crippen molar-refractivity contribution in [3.8, 4) is 22.8 Å². The summed E-state index contributed by atoms with van der Waals surface area (Å²) in [6.07, 6.45) is 1.67. The van der Waals surface area contributed by atoms with Crippen molar-refractivity contribution in [1.29, 1.82) is 0 Å². The summed E-state index contributed by atoms with van der Waals surface area (Å²) < 4.78 is 11.7. The normalized spacial score (nSPS) is 11.1. The van der Waals surface area contributed by atoms with E-state index in [1.165, 1.54) is 0 Å². The number of aromatic hydroxyl groups is 1. The molecule has 28 heavy (non-hydrogen) atoms. The van der Waals surface area contributed by atoms with Crippen molar-refractivity contribution < 1.29 is 14.3 Å². The molecule has 3 aromatic carbocycles. The van der Waals surface area contributed by atoms with Crippen molar-refractivity contribution in [3.63, 3.8) is 0 Å². The second-order valence-electron chi connectivity index (χ2n) is 6.63. The van der Waals surface area contributed by atoms with E-state index in [9.17, 15) is 5.11 Å². The van der Waals surface area contributed by atoms with Gasteiger partial charge in [0.2, 0.25) is 0 Å². The lowest BCUT2D eigenvalue weighted by atomic mass is 10.1. The number of aromatic nitrogens is 1. The van der Waals surface area contributed by atoms with Gasteiger partial charge in [0.1, 0.15) is 35.5 Å². The molecule has 0 spiro atoms. The number of nitrogens with zero attached hydrogens (tertiary/aromatic N) is 1. The number of furan rings is 1. The SMILES string of the molecule is Oc1ccc2c(-c3ccc4cccc(OCc5ccccc5)c4n3)coc2c1. The molecule has 0 aliphatic carbocycles. The van der Waals surface area contributed by atoms with Crippen LogP contribution < -0.4 is 4.74 Å². The molecule has 2 aromatic heterocycles. The summed E-state index contributed by atoms with van der Waals surface area (Å²) in [6.45, 7) is 0.486. The Bertz CT molecular complexity index is 1280. The lowest BCUT2D eigenvalue weighted by molar-refractivity contribution is 0.309. The Morgan fingerprint density at radius 3 is 2.68 bits per heavy atom. The van der Waals surface area contributed by atoms with Crippen LogP contribution in [0, 0.1) is 0 Å². The first-order valence-corrected chi connectivity index (χ1v) is 9.05. The van der Waals surface area contributed by atoms with Gasteiger partial charge in [-0.2, -0.15) is 0 Å². The van der Waals surface area contributed by atoms with E-state index in [-0.39, 0.29) is 5.75 Å². The molecule has 2 heterocycles. The summed E-state index contributed by atoms with van der Waals surface area (Å²) in [5.74, 6) is 0.921. The predicted octanol–water partition coefficient (Wildman–Crippen LogP) is 5.93. The number of benzene rings is 3. The molecular formula is C24H17NO3. The summed E-state index contributed by atoms with van der Waals surface area (Å²) in [6, 6.07) is 25.1. The average molecular weight is 367 g/mol. The number of hydrogen-bond acceptors (Lipinski definition) is 4. The van der Waals surface area contributed by atoms with Crippen molar-refractivity contribution >= 4 is 21.9 Å². The van der Waals surface area contributed by atoms with Crippen molar-refractivity contribution in [3.05, 3.63) is 90.7 Å². The maximum atomic E-state index is 9.65. The van der Waals surface area contributed by atoms with Gasteiger partial charge < -0.3 is 14.3 Å². The molecule has 0 fully saturated rings. The van der Waals surface area contributed by atoms with E-state index in [2.05, 4.69) is 0 Å². The standard InChI is InChI=1S/C24H17NO3/c26-18-10-11-19-20(15-28-23(19)13-18)21-12-9-17-7-4-8-22(24(17)25-21)27-14-16-5-2-1-3-6-16/h1-13,15,26H,14H2. The fourth-order valence-electron chi connectivity index (χ4n) is 3.34. The number of ether oxygens (including phenoxy) is 1. The Morgan fingerprint density at radius 2 is 1.79 bits per heavy atom. The first kappa shape index (κ1) is 16.4. The molecule has 5 rings (SSSR count). The first-order valence-electron chi connectivity index (χ1n) is 9.05. The Balaban J connectivity index is 1.56. The first-order chi connectivity index (χ1) is 13.8. The van der Waals surface area contributed by atoms with E-state index >= 15 is 0 Å². The smallest absolute Gasteiger partial charge is 0.146 e. The summed E-state index contributed by atoms with van der Waals surface area (Å²) in [4.78, 5) is 4.85. The minimum Gasteiger partial charge on any atom is -0.508 e. The van der Waals surface area contributed by atoms with Crippen LogP contribution in [-0.4, -0.2) is 10.1 Å². The van der Waals surface area contributed by atoms with E-state index in [4.69, 9.17) is 14.1 Å².